The Hall–Kier alpha value is -2.62. The minimum atomic E-state index is -0.240. The summed E-state index contributed by atoms with van der Waals surface area (Å²) < 4.78 is 6.22. The molecule has 28 heavy (non-hydrogen) atoms. The van der Waals surface area contributed by atoms with Gasteiger partial charge in [0.15, 0.2) is 0 Å². The van der Waals surface area contributed by atoms with E-state index in [1.165, 1.54) is 11.3 Å². The molecule has 4 N–H and O–H groups in total. The van der Waals surface area contributed by atoms with E-state index in [0.717, 1.165) is 22.4 Å². The topological polar surface area (TPSA) is 115 Å². The molecule has 1 amide bonds. The molecule has 9 heteroatoms. The van der Waals surface area contributed by atoms with Crippen LogP contribution in [0.15, 0.2) is 23.7 Å². The number of nitrogens with one attached hydrogen (secondary N) is 2. The van der Waals surface area contributed by atoms with Crippen LogP contribution in [0.25, 0.3) is 10.2 Å². The normalized spacial score (nSPS) is 19.5. The van der Waals surface area contributed by atoms with Crippen LogP contribution in [-0.2, 0) is 4.74 Å². The summed E-state index contributed by atoms with van der Waals surface area (Å²) in [5.74, 6) is 0.755. The molecule has 0 aliphatic carbocycles. The van der Waals surface area contributed by atoms with Gasteiger partial charge in [0.25, 0.3) is 5.91 Å². The van der Waals surface area contributed by atoms with Crippen molar-refractivity contribution in [3.63, 3.8) is 0 Å². The van der Waals surface area contributed by atoms with Crippen molar-refractivity contribution >= 4 is 39.2 Å². The predicted molar refractivity (Wildman–Crippen MR) is 110 cm³/mol. The molecule has 0 aromatic carbocycles. The van der Waals surface area contributed by atoms with E-state index in [2.05, 4.69) is 25.6 Å². The SMILES string of the molecule is Cc1cc(C)nc(NC(=O)c2csc3cnc(N[C@@H]4CCOC[C@@H]4N)nc23)c1. The monoisotopic (exact) mass is 398 g/mol. The maximum atomic E-state index is 12.8. The van der Waals surface area contributed by atoms with Gasteiger partial charge in [0.05, 0.1) is 28.6 Å². The number of ether oxygens (including phenoxy) is 1. The summed E-state index contributed by atoms with van der Waals surface area (Å²) >= 11 is 1.44. The van der Waals surface area contributed by atoms with Crippen molar-refractivity contribution in [1.82, 2.24) is 15.0 Å². The summed E-state index contributed by atoms with van der Waals surface area (Å²) in [5.41, 5.74) is 9.11. The number of amides is 1. The second kappa shape index (κ2) is 7.78. The predicted octanol–water partition coefficient (Wildman–Crippen LogP) is 2.48. The number of hydrogen-bond acceptors (Lipinski definition) is 8. The Morgan fingerprint density at radius 3 is 2.96 bits per heavy atom. The maximum Gasteiger partial charge on any atom is 0.259 e. The van der Waals surface area contributed by atoms with E-state index in [0.29, 0.717) is 36.1 Å². The lowest BCUT2D eigenvalue weighted by Gasteiger charge is -2.29. The van der Waals surface area contributed by atoms with Gasteiger partial charge in [-0.05, 0) is 38.0 Å². The third kappa shape index (κ3) is 3.96. The molecule has 3 aromatic heterocycles. The van der Waals surface area contributed by atoms with Crippen LogP contribution in [0.3, 0.4) is 0 Å². The molecule has 1 saturated heterocycles. The molecule has 3 aromatic rings. The van der Waals surface area contributed by atoms with E-state index in [1.54, 1.807) is 11.6 Å². The zero-order chi connectivity index (χ0) is 19.7. The summed E-state index contributed by atoms with van der Waals surface area (Å²) in [6.07, 6.45) is 2.52. The minimum absolute atomic E-state index is 0.0431. The molecule has 4 rings (SSSR count). The van der Waals surface area contributed by atoms with Gasteiger partial charge in [0.2, 0.25) is 5.95 Å². The largest absolute Gasteiger partial charge is 0.380 e. The maximum absolute atomic E-state index is 12.8. The van der Waals surface area contributed by atoms with E-state index in [1.807, 2.05) is 26.0 Å². The van der Waals surface area contributed by atoms with Gasteiger partial charge in [-0.3, -0.25) is 4.79 Å². The number of anilines is 2. The van der Waals surface area contributed by atoms with E-state index in [-0.39, 0.29) is 18.0 Å². The van der Waals surface area contributed by atoms with Gasteiger partial charge in [-0.2, -0.15) is 0 Å². The highest BCUT2D eigenvalue weighted by atomic mass is 32.1. The Morgan fingerprint density at radius 2 is 2.18 bits per heavy atom. The van der Waals surface area contributed by atoms with Gasteiger partial charge >= 0.3 is 0 Å². The van der Waals surface area contributed by atoms with Crippen LogP contribution in [0.4, 0.5) is 11.8 Å². The van der Waals surface area contributed by atoms with Crippen molar-refractivity contribution in [2.75, 3.05) is 23.8 Å². The zero-order valence-electron chi connectivity index (χ0n) is 15.7. The van der Waals surface area contributed by atoms with Gasteiger partial charge in [-0.1, -0.05) is 0 Å². The number of rotatable bonds is 4. The number of pyridine rings is 1. The number of aromatic nitrogens is 3. The van der Waals surface area contributed by atoms with Crippen LogP contribution in [0.1, 0.15) is 28.0 Å². The minimum Gasteiger partial charge on any atom is -0.380 e. The molecule has 2 atom stereocenters. The highest BCUT2D eigenvalue weighted by Gasteiger charge is 2.23. The van der Waals surface area contributed by atoms with E-state index >= 15 is 0 Å². The Balaban J connectivity index is 1.57. The van der Waals surface area contributed by atoms with Gasteiger partial charge in [-0.25, -0.2) is 15.0 Å². The van der Waals surface area contributed by atoms with Crippen LogP contribution in [-0.4, -0.2) is 46.2 Å². The number of thiophene rings is 1. The first-order valence-electron chi connectivity index (χ1n) is 9.10. The Kier molecular flexibility index (Phi) is 5.21. The second-order valence-electron chi connectivity index (χ2n) is 6.96. The van der Waals surface area contributed by atoms with Gasteiger partial charge in [-0.15, -0.1) is 11.3 Å². The molecule has 0 radical (unpaired) electrons. The lowest BCUT2D eigenvalue weighted by molar-refractivity contribution is 0.0751. The first kappa shape index (κ1) is 18.7. The number of carbonyl (C=O) groups is 1. The van der Waals surface area contributed by atoms with Crippen molar-refractivity contribution in [1.29, 1.82) is 0 Å². The van der Waals surface area contributed by atoms with E-state index in [9.17, 15) is 4.79 Å². The first-order valence-corrected chi connectivity index (χ1v) is 9.98. The van der Waals surface area contributed by atoms with Gasteiger partial charge < -0.3 is 21.1 Å². The molecule has 146 valence electrons. The van der Waals surface area contributed by atoms with Crippen molar-refractivity contribution in [2.45, 2.75) is 32.4 Å². The smallest absolute Gasteiger partial charge is 0.259 e. The lowest BCUT2D eigenvalue weighted by Crippen LogP contribution is -2.47. The van der Waals surface area contributed by atoms with E-state index < -0.39 is 0 Å². The molecule has 1 aliphatic heterocycles. The average molecular weight is 398 g/mol. The van der Waals surface area contributed by atoms with Crippen LogP contribution < -0.4 is 16.4 Å². The van der Waals surface area contributed by atoms with Crippen LogP contribution in [0.5, 0.6) is 0 Å². The number of hydrogen-bond donors (Lipinski definition) is 3. The van der Waals surface area contributed by atoms with Crippen LogP contribution in [0.2, 0.25) is 0 Å². The first-order chi connectivity index (χ1) is 13.5. The zero-order valence-corrected chi connectivity index (χ0v) is 16.5. The molecule has 8 nitrogen and oxygen atoms in total. The summed E-state index contributed by atoms with van der Waals surface area (Å²) in [7, 11) is 0. The van der Waals surface area contributed by atoms with Crippen LogP contribution in [0, 0.1) is 13.8 Å². The van der Waals surface area contributed by atoms with Gasteiger partial charge in [0, 0.05) is 29.8 Å². The Bertz CT molecular complexity index is 1000. The number of carbonyl (C=O) groups excluding carboxylic acids is 1. The number of nitrogens with two attached hydrogens (primary N) is 1. The molecule has 4 heterocycles. The third-order valence-electron chi connectivity index (χ3n) is 4.61. The van der Waals surface area contributed by atoms with Crippen molar-refractivity contribution in [2.24, 2.45) is 5.73 Å². The molecule has 0 spiro atoms. The van der Waals surface area contributed by atoms with E-state index in [4.69, 9.17) is 10.5 Å². The van der Waals surface area contributed by atoms with Gasteiger partial charge in [0.1, 0.15) is 5.82 Å². The summed E-state index contributed by atoms with van der Waals surface area (Å²) in [6, 6.07) is 3.73. The highest BCUT2D eigenvalue weighted by Crippen LogP contribution is 2.26. The fraction of sp³-hybridized carbons (Fsp3) is 0.368. The average Bonchev–Trinajstić information content (AvgIpc) is 3.06. The molecule has 1 fully saturated rings. The number of aryl methyl sites for hydroxylation is 2. The highest BCUT2D eigenvalue weighted by molar-refractivity contribution is 7.17. The third-order valence-corrected chi connectivity index (χ3v) is 5.52. The van der Waals surface area contributed by atoms with Crippen molar-refractivity contribution in [3.8, 4) is 0 Å². The quantitative estimate of drug-likeness (QED) is 0.618. The second-order valence-corrected chi connectivity index (χ2v) is 7.87. The molecule has 0 saturated carbocycles. The van der Waals surface area contributed by atoms with Crippen molar-refractivity contribution in [3.05, 3.63) is 40.5 Å². The Morgan fingerprint density at radius 1 is 1.32 bits per heavy atom. The van der Waals surface area contributed by atoms with Crippen LogP contribution >= 0.6 is 11.3 Å². The number of fused-ring (bicyclic) bond motifs is 1. The number of nitrogens with zero attached hydrogens (tertiary/aromatic N) is 3. The molecule has 0 bridgehead atoms. The lowest BCUT2D eigenvalue weighted by atomic mass is 10.1. The Labute approximate surface area is 166 Å². The fourth-order valence-corrected chi connectivity index (χ4v) is 4.10. The molecule has 0 unspecified atom stereocenters. The molecule has 1 aliphatic rings. The standard InChI is InChI=1S/C19H22N6O2S/c1-10-5-11(2)22-16(6-10)24-18(26)12-9-28-15-7-21-19(25-17(12)15)23-14-3-4-27-8-13(14)20/h5-7,9,13-14H,3-4,8,20H2,1-2H3,(H,21,23,25)(H,22,24,26)/t13-,14+/m0/s1. The molecular weight excluding hydrogens is 376 g/mol. The summed E-state index contributed by atoms with van der Waals surface area (Å²) in [4.78, 5) is 26.1. The summed E-state index contributed by atoms with van der Waals surface area (Å²) in [5, 5.41) is 7.93. The summed E-state index contributed by atoms with van der Waals surface area (Å²) in [6.45, 7) is 5.03. The van der Waals surface area contributed by atoms with Crippen molar-refractivity contribution < 1.29 is 9.53 Å². The molecular formula is C19H22N6O2S. The fourth-order valence-electron chi connectivity index (χ4n) is 3.25.